The highest BCUT2D eigenvalue weighted by Crippen LogP contribution is 2.22. The summed E-state index contributed by atoms with van der Waals surface area (Å²) in [4.78, 5) is 14.0. The van der Waals surface area contributed by atoms with E-state index in [2.05, 4.69) is 10.6 Å². The summed E-state index contributed by atoms with van der Waals surface area (Å²) in [5.41, 5.74) is 1.32. The van der Waals surface area contributed by atoms with Crippen LogP contribution >= 0.6 is 0 Å². The zero-order valence-corrected chi connectivity index (χ0v) is 14.4. The van der Waals surface area contributed by atoms with E-state index in [1.165, 1.54) is 24.3 Å². The van der Waals surface area contributed by atoms with Gasteiger partial charge in [-0.1, -0.05) is 30.3 Å². The van der Waals surface area contributed by atoms with Crippen LogP contribution in [-0.2, 0) is 0 Å². The first-order valence-corrected chi connectivity index (χ1v) is 8.14. The molecular formula is C19H24FN3O2. The molecule has 0 saturated heterocycles. The third kappa shape index (κ3) is 6.17. The average Bonchev–Trinajstić information content (AvgIpc) is 2.60. The lowest BCUT2D eigenvalue weighted by molar-refractivity contribution is 0.0911. The molecule has 0 fully saturated rings. The number of amides is 2. The van der Waals surface area contributed by atoms with Gasteiger partial charge in [-0.2, -0.15) is 0 Å². The Hall–Kier alpha value is -2.44. The highest BCUT2D eigenvalue weighted by atomic mass is 19.1. The lowest BCUT2D eigenvalue weighted by Crippen LogP contribution is -2.39. The van der Waals surface area contributed by atoms with Crippen molar-refractivity contribution in [3.63, 3.8) is 0 Å². The zero-order valence-electron chi connectivity index (χ0n) is 14.4. The highest BCUT2D eigenvalue weighted by Gasteiger charge is 2.22. The summed E-state index contributed by atoms with van der Waals surface area (Å²) in [5.74, 6) is -0.528. The Balaban J connectivity index is 1.94. The Labute approximate surface area is 147 Å². The minimum absolute atomic E-state index is 0.170. The number of benzene rings is 2. The standard InChI is InChI=1S/C19H24FN3O2/c1-23(2)13-15(18(24)14-6-4-3-5-7-14)12-21-19(25)22-17-10-8-16(20)9-11-17/h3-11,15,18,24H,12-13H2,1-2H3,(H2,21,22,25)/t15-,18+/m1/s1. The largest absolute Gasteiger partial charge is 0.388 e. The molecule has 0 aromatic heterocycles. The molecular weight excluding hydrogens is 321 g/mol. The number of rotatable bonds is 7. The van der Waals surface area contributed by atoms with Crippen LogP contribution in [0.15, 0.2) is 54.6 Å². The zero-order chi connectivity index (χ0) is 18.2. The van der Waals surface area contributed by atoms with Crippen molar-refractivity contribution in [2.24, 2.45) is 5.92 Å². The maximum absolute atomic E-state index is 12.9. The Bertz CT molecular complexity index is 662. The number of nitrogens with zero attached hydrogens (tertiary/aromatic N) is 1. The van der Waals surface area contributed by atoms with Crippen molar-refractivity contribution in [1.29, 1.82) is 0 Å². The molecule has 0 aliphatic rings. The molecule has 2 rings (SSSR count). The van der Waals surface area contributed by atoms with Crippen LogP contribution in [0.2, 0.25) is 0 Å². The number of halogens is 1. The van der Waals surface area contributed by atoms with Gasteiger partial charge in [-0.05, 0) is 43.9 Å². The summed E-state index contributed by atoms with van der Waals surface area (Å²) in [6.45, 7) is 0.925. The fourth-order valence-corrected chi connectivity index (χ4v) is 2.60. The van der Waals surface area contributed by atoms with E-state index in [1.807, 2.05) is 49.3 Å². The Morgan fingerprint density at radius 1 is 1.12 bits per heavy atom. The van der Waals surface area contributed by atoms with Gasteiger partial charge < -0.3 is 20.6 Å². The molecule has 6 heteroatoms. The quantitative estimate of drug-likeness (QED) is 0.723. The van der Waals surface area contributed by atoms with E-state index in [1.54, 1.807) is 0 Å². The summed E-state index contributed by atoms with van der Waals surface area (Å²) in [6.07, 6.45) is -0.685. The second kappa shape index (κ2) is 9.15. The summed E-state index contributed by atoms with van der Waals surface area (Å²) in [5, 5.41) is 16.0. The van der Waals surface area contributed by atoms with E-state index in [4.69, 9.17) is 0 Å². The third-order valence-corrected chi connectivity index (χ3v) is 3.81. The second-order valence-electron chi connectivity index (χ2n) is 6.22. The van der Waals surface area contributed by atoms with Gasteiger partial charge in [-0.25, -0.2) is 9.18 Å². The first-order valence-electron chi connectivity index (χ1n) is 8.14. The van der Waals surface area contributed by atoms with Crippen LogP contribution < -0.4 is 10.6 Å². The number of urea groups is 1. The second-order valence-corrected chi connectivity index (χ2v) is 6.22. The van der Waals surface area contributed by atoms with Gasteiger partial charge >= 0.3 is 6.03 Å². The molecule has 134 valence electrons. The predicted molar refractivity (Wildman–Crippen MR) is 96.9 cm³/mol. The molecule has 0 bridgehead atoms. The van der Waals surface area contributed by atoms with Gasteiger partial charge in [-0.15, -0.1) is 0 Å². The maximum atomic E-state index is 12.9. The van der Waals surface area contributed by atoms with Gasteiger partial charge in [0.1, 0.15) is 5.82 Å². The maximum Gasteiger partial charge on any atom is 0.319 e. The molecule has 0 aliphatic heterocycles. The van der Waals surface area contributed by atoms with E-state index in [9.17, 15) is 14.3 Å². The van der Waals surface area contributed by atoms with Gasteiger partial charge in [0.05, 0.1) is 6.10 Å². The van der Waals surface area contributed by atoms with Crippen molar-refractivity contribution in [1.82, 2.24) is 10.2 Å². The fraction of sp³-hybridized carbons (Fsp3) is 0.316. The number of aliphatic hydroxyl groups is 1. The normalized spacial score (nSPS) is 13.3. The summed E-state index contributed by atoms with van der Waals surface area (Å²) < 4.78 is 12.9. The number of carbonyl (C=O) groups is 1. The average molecular weight is 345 g/mol. The first-order chi connectivity index (χ1) is 12.0. The number of hydrogen-bond donors (Lipinski definition) is 3. The minimum Gasteiger partial charge on any atom is -0.388 e. The lowest BCUT2D eigenvalue weighted by atomic mass is 9.95. The Kier molecular flexibility index (Phi) is 6.91. The van der Waals surface area contributed by atoms with E-state index in [0.717, 1.165) is 5.56 Å². The molecule has 2 atom stereocenters. The minimum atomic E-state index is -0.685. The molecule has 25 heavy (non-hydrogen) atoms. The van der Waals surface area contributed by atoms with Crippen molar-refractivity contribution in [2.45, 2.75) is 6.10 Å². The topological polar surface area (TPSA) is 64.6 Å². The SMILES string of the molecule is CN(C)C[C@@H](CNC(=O)Nc1ccc(F)cc1)[C@@H](O)c1ccccc1. The molecule has 0 aliphatic carbocycles. The van der Waals surface area contributed by atoms with Crippen LogP contribution in [0.1, 0.15) is 11.7 Å². The molecule has 0 unspecified atom stereocenters. The molecule has 0 heterocycles. The van der Waals surface area contributed by atoms with Gasteiger partial charge in [-0.3, -0.25) is 0 Å². The number of hydrogen-bond acceptors (Lipinski definition) is 3. The molecule has 3 N–H and O–H groups in total. The van der Waals surface area contributed by atoms with E-state index in [-0.39, 0.29) is 11.7 Å². The van der Waals surface area contributed by atoms with Crippen LogP contribution in [0, 0.1) is 11.7 Å². The predicted octanol–water partition coefficient (Wildman–Crippen LogP) is 2.86. The smallest absolute Gasteiger partial charge is 0.319 e. The Morgan fingerprint density at radius 2 is 1.76 bits per heavy atom. The fourth-order valence-electron chi connectivity index (χ4n) is 2.60. The van der Waals surface area contributed by atoms with E-state index in [0.29, 0.717) is 18.8 Å². The van der Waals surface area contributed by atoms with Gasteiger partial charge in [0, 0.05) is 24.7 Å². The monoisotopic (exact) mass is 345 g/mol. The molecule has 0 saturated carbocycles. The number of anilines is 1. The Morgan fingerprint density at radius 3 is 2.36 bits per heavy atom. The van der Waals surface area contributed by atoms with Crippen molar-refractivity contribution in [3.05, 3.63) is 66.0 Å². The van der Waals surface area contributed by atoms with Crippen LogP contribution in [-0.4, -0.2) is 43.2 Å². The molecule has 2 aromatic carbocycles. The van der Waals surface area contributed by atoms with Crippen LogP contribution in [0.25, 0.3) is 0 Å². The molecule has 0 spiro atoms. The third-order valence-electron chi connectivity index (χ3n) is 3.81. The van der Waals surface area contributed by atoms with Crippen LogP contribution in [0.3, 0.4) is 0 Å². The summed E-state index contributed by atoms with van der Waals surface area (Å²) >= 11 is 0. The number of carbonyl (C=O) groups excluding carboxylic acids is 1. The first kappa shape index (κ1) is 18.9. The van der Waals surface area contributed by atoms with Crippen LogP contribution in [0.5, 0.6) is 0 Å². The van der Waals surface area contributed by atoms with Crippen LogP contribution in [0.4, 0.5) is 14.9 Å². The van der Waals surface area contributed by atoms with Crippen molar-refractivity contribution in [3.8, 4) is 0 Å². The highest BCUT2D eigenvalue weighted by molar-refractivity contribution is 5.89. The lowest BCUT2D eigenvalue weighted by Gasteiger charge is -2.26. The number of aliphatic hydroxyl groups excluding tert-OH is 1. The van der Waals surface area contributed by atoms with E-state index >= 15 is 0 Å². The number of nitrogens with one attached hydrogen (secondary N) is 2. The summed E-state index contributed by atoms with van der Waals surface area (Å²) in [7, 11) is 3.84. The van der Waals surface area contributed by atoms with E-state index < -0.39 is 12.1 Å². The molecule has 2 aromatic rings. The van der Waals surface area contributed by atoms with Gasteiger partial charge in [0.15, 0.2) is 0 Å². The van der Waals surface area contributed by atoms with Gasteiger partial charge in [0.25, 0.3) is 0 Å². The molecule has 0 radical (unpaired) electrons. The van der Waals surface area contributed by atoms with Crippen molar-refractivity contribution in [2.75, 3.05) is 32.5 Å². The summed E-state index contributed by atoms with van der Waals surface area (Å²) in [6, 6.07) is 14.5. The molecule has 5 nitrogen and oxygen atoms in total. The van der Waals surface area contributed by atoms with Crippen molar-refractivity contribution < 1.29 is 14.3 Å². The van der Waals surface area contributed by atoms with Gasteiger partial charge in [0.2, 0.25) is 0 Å². The molecule has 2 amide bonds. The van der Waals surface area contributed by atoms with Crippen molar-refractivity contribution >= 4 is 11.7 Å².